The summed E-state index contributed by atoms with van der Waals surface area (Å²) < 4.78 is 10.9. The standard InChI is InChI=1S/C23H22N4O6/c28-19(25-21(30)24-15-7-8-17-18(12-15)33-11-10-32-17)13-27-20(29)23(26-22(27)31)9-3-5-14-4-1-2-6-16(14)23/h1-2,4,6-8,12H,3,5,9-11,13H2,(H,26,31)(H2,24,25,28,30)/t23-/m0/s1. The van der Waals surface area contributed by atoms with E-state index >= 15 is 0 Å². The average Bonchev–Trinajstić information content (AvgIpc) is 3.04. The molecule has 10 heteroatoms. The number of amides is 6. The molecular weight excluding hydrogens is 428 g/mol. The summed E-state index contributed by atoms with van der Waals surface area (Å²) in [5, 5.41) is 7.47. The molecule has 3 N–H and O–H groups in total. The molecule has 0 unspecified atom stereocenters. The zero-order valence-electron chi connectivity index (χ0n) is 17.7. The smallest absolute Gasteiger partial charge is 0.325 e. The molecule has 1 aliphatic carbocycles. The van der Waals surface area contributed by atoms with Crippen molar-refractivity contribution in [3.63, 3.8) is 0 Å². The second-order valence-electron chi connectivity index (χ2n) is 8.10. The van der Waals surface area contributed by atoms with Gasteiger partial charge in [-0.05, 0) is 42.5 Å². The van der Waals surface area contributed by atoms with Gasteiger partial charge in [0.05, 0.1) is 0 Å². The third-order valence-electron chi connectivity index (χ3n) is 6.01. The summed E-state index contributed by atoms with van der Waals surface area (Å²) in [5.74, 6) is -0.209. The zero-order valence-corrected chi connectivity index (χ0v) is 17.7. The van der Waals surface area contributed by atoms with Gasteiger partial charge >= 0.3 is 12.1 Å². The van der Waals surface area contributed by atoms with Gasteiger partial charge in [0.1, 0.15) is 25.3 Å². The maximum atomic E-state index is 13.2. The second-order valence-corrected chi connectivity index (χ2v) is 8.10. The molecule has 1 fully saturated rings. The maximum absolute atomic E-state index is 13.2. The number of benzene rings is 2. The van der Waals surface area contributed by atoms with Crippen LogP contribution in [0.1, 0.15) is 24.0 Å². The molecule has 6 amide bonds. The van der Waals surface area contributed by atoms with Crippen LogP contribution in [0.3, 0.4) is 0 Å². The van der Waals surface area contributed by atoms with Crippen LogP contribution >= 0.6 is 0 Å². The van der Waals surface area contributed by atoms with Crippen molar-refractivity contribution < 1.29 is 28.7 Å². The number of carbonyl (C=O) groups excluding carboxylic acids is 4. The van der Waals surface area contributed by atoms with Crippen LogP contribution in [-0.2, 0) is 21.5 Å². The summed E-state index contributed by atoms with van der Waals surface area (Å²) in [5.41, 5.74) is 0.994. The lowest BCUT2D eigenvalue weighted by Crippen LogP contribution is -2.47. The molecule has 2 aliphatic heterocycles. The van der Waals surface area contributed by atoms with E-state index in [-0.39, 0.29) is 0 Å². The van der Waals surface area contributed by atoms with Crippen molar-refractivity contribution in [1.29, 1.82) is 0 Å². The van der Waals surface area contributed by atoms with Gasteiger partial charge in [-0.1, -0.05) is 24.3 Å². The molecule has 170 valence electrons. The SMILES string of the molecule is O=C(CN1C(=O)N[C@]2(CCCc3ccccc32)C1=O)NC(=O)Nc1ccc2c(c1)OCCO2. The van der Waals surface area contributed by atoms with Gasteiger partial charge in [0.15, 0.2) is 11.5 Å². The molecule has 0 aromatic heterocycles. The van der Waals surface area contributed by atoms with Gasteiger partial charge in [0, 0.05) is 11.8 Å². The Hall–Kier alpha value is -4.08. The van der Waals surface area contributed by atoms with Gasteiger partial charge in [0.25, 0.3) is 5.91 Å². The van der Waals surface area contributed by atoms with Crippen molar-refractivity contribution >= 4 is 29.6 Å². The van der Waals surface area contributed by atoms with Crippen LogP contribution in [0.25, 0.3) is 0 Å². The second kappa shape index (κ2) is 8.12. The number of hydrogen-bond donors (Lipinski definition) is 3. The Labute approximate surface area is 189 Å². The van der Waals surface area contributed by atoms with Gasteiger partial charge in [0.2, 0.25) is 5.91 Å². The van der Waals surface area contributed by atoms with Crippen LogP contribution in [0.15, 0.2) is 42.5 Å². The van der Waals surface area contributed by atoms with E-state index in [1.807, 2.05) is 24.3 Å². The Kier molecular flexibility index (Phi) is 5.12. The van der Waals surface area contributed by atoms with Crippen molar-refractivity contribution in [1.82, 2.24) is 15.5 Å². The summed E-state index contributed by atoms with van der Waals surface area (Å²) in [6.45, 7) is 0.284. The molecule has 0 radical (unpaired) electrons. The number of rotatable bonds is 3. The van der Waals surface area contributed by atoms with E-state index in [9.17, 15) is 19.2 Å². The highest BCUT2D eigenvalue weighted by atomic mass is 16.6. The number of nitrogens with zero attached hydrogens (tertiary/aromatic N) is 1. The lowest BCUT2D eigenvalue weighted by molar-refractivity contribution is -0.135. The first kappa shape index (κ1) is 20.8. The molecule has 0 saturated carbocycles. The predicted molar refractivity (Wildman–Crippen MR) is 116 cm³/mol. The van der Waals surface area contributed by atoms with E-state index in [2.05, 4.69) is 16.0 Å². The molecule has 2 heterocycles. The Bertz CT molecular complexity index is 1170. The summed E-state index contributed by atoms with van der Waals surface area (Å²) >= 11 is 0. The predicted octanol–water partition coefficient (Wildman–Crippen LogP) is 1.89. The number of imide groups is 2. The van der Waals surface area contributed by atoms with E-state index in [0.29, 0.717) is 36.8 Å². The Morgan fingerprint density at radius 3 is 2.70 bits per heavy atom. The molecule has 2 aromatic carbocycles. The van der Waals surface area contributed by atoms with Gasteiger partial charge < -0.3 is 20.1 Å². The van der Waals surface area contributed by atoms with Gasteiger partial charge in [-0.2, -0.15) is 0 Å². The minimum Gasteiger partial charge on any atom is -0.486 e. The first-order valence-electron chi connectivity index (χ1n) is 10.7. The molecule has 1 atom stereocenters. The number of carbonyl (C=O) groups is 4. The molecule has 0 bridgehead atoms. The van der Waals surface area contributed by atoms with Crippen LogP contribution in [0, 0.1) is 0 Å². The summed E-state index contributed by atoms with van der Waals surface area (Å²) in [7, 11) is 0. The van der Waals surface area contributed by atoms with Crippen molar-refractivity contribution in [3.05, 3.63) is 53.6 Å². The Morgan fingerprint density at radius 1 is 1.06 bits per heavy atom. The molecular formula is C23H22N4O6. The van der Waals surface area contributed by atoms with E-state index in [1.165, 1.54) is 0 Å². The number of nitrogens with one attached hydrogen (secondary N) is 3. The van der Waals surface area contributed by atoms with Crippen molar-refractivity contribution in [2.24, 2.45) is 0 Å². The molecule has 3 aliphatic rings. The number of hydrogen-bond acceptors (Lipinski definition) is 6. The summed E-state index contributed by atoms with van der Waals surface area (Å²) in [6.07, 6.45) is 2.01. The minimum atomic E-state index is -1.17. The first-order valence-corrected chi connectivity index (χ1v) is 10.7. The van der Waals surface area contributed by atoms with Crippen molar-refractivity contribution in [2.75, 3.05) is 25.1 Å². The van der Waals surface area contributed by atoms with E-state index in [4.69, 9.17) is 9.47 Å². The first-order chi connectivity index (χ1) is 16.0. The molecule has 33 heavy (non-hydrogen) atoms. The third kappa shape index (κ3) is 3.73. The number of urea groups is 2. The third-order valence-corrected chi connectivity index (χ3v) is 6.01. The number of aryl methyl sites for hydroxylation is 1. The zero-order chi connectivity index (χ0) is 23.0. The number of anilines is 1. The monoisotopic (exact) mass is 450 g/mol. The van der Waals surface area contributed by atoms with Gasteiger partial charge in [-0.3, -0.25) is 19.8 Å². The average molecular weight is 450 g/mol. The lowest BCUT2D eigenvalue weighted by Gasteiger charge is -2.33. The fourth-order valence-electron chi connectivity index (χ4n) is 4.55. The molecule has 2 aromatic rings. The van der Waals surface area contributed by atoms with Crippen LogP contribution in [0.2, 0.25) is 0 Å². The maximum Gasteiger partial charge on any atom is 0.325 e. The van der Waals surface area contributed by atoms with Crippen LogP contribution in [0.4, 0.5) is 15.3 Å². The largest absolute Gasteiger partial charge is 0.486 e. The van der Waals surface area contributed by atoms with E-state index in [1.54, 1.807) is 18.2 Å². The fraction of sp³-hybridized carbons (Fsp3) is 0.304. The highest BCUT2D eigenvalue weighted by Crippen LogP contribution is 2.39. The van der Waals surface area contributed by atoms with E-state index < -0.39 is 36.0 Å². The summed E-state index contributed by atoms with van der Waals surface area (Å²) in [4.78, 5) is 51.4. The minimum absolute atomic E-state index is 0.400. The number of fused-ring (bicyclic) bond motifs is 3. The normalized spacial score (nSPS) is 20.8. The lowest BCUT2D eigenvalue weighted by atomic mass is 9.76. The van der Waals surface area contributed by atoms with Gasteiger partial charge in [-0.15, -0.1) is 0 Å². The van der Waals surface area contributed by atoms with Gasteiger partial charge in [-0.25, -0.2) is 9.59 Å². The quantitative estimate of drug-likeness (QED) is 0.613. The number of ether oxygens (including phenoxy) is 2. The highest BCUT2D eigenvalue weighted by Gasteiger charge is 2.54. The Morgan fingerprint density at radius 2 is 1.85 bits per heavy atom. The summed E-state index contributed by atoms with van der Waals surface area (Å²) in [6, 6.07) is 10.9. The van der Waals surface area contributed by atoms with Crippen LogP contribution < -0.4 is 25.4 Å². The van der Waals surface area contributed by atoms with Crippen LogP contribution in [0.5, 0.6) is 11.5 Å². The van der Waals surface area contributed by atoms with Crippen LogP contribution in [-0.4, -0.2) is 48.5 Å². The van der Waals surface area contributed by atoms with Crippen molar-refractivity contribution in [2.45, 2.75) is 24.8 Å². The fourth-order valence-corrected chi connectivity index (χ4v) is 4.55. The molecule has 1 saturated heterocycles. The highest BCUT2D eigenvalue weighted by molar-refractivity contribution is 6.11. The van der Waals surface area contributed by atoms with Crippen molar-refractivity contribution in [3.8, 4) is 11.5 Å². The molecule has 1 spiro atoms. The topological polar surface area (TPSA) is 126 Å². The molecule has 5 rings (SSSR count). The van der Waals surface area contributed by atoms with E-state index in [0.717, 1.165) is 28.9 Å². The Balaban J connectivity index is 1.24. The molecule has 10 nitrogen and oxygen atoms in total.